The molecule has 2 N–H and O–H groups in total. The summed E-state index contributed by atoms with van der Waals surface area (Å²) in [7, 11) is 3.61. The molecule has 0 aliphatic carbocycles. The van der Waals surface area contributed by atoms with Crippen molar-refractivity contribution in [1.82, 2.24) is 20.4 Å². The van der Waals surface area contributed by atoms with Gasteiger partial charge in [0.1, 0.15) is 0 Å². The fourth-order valence-corrected chi connectivity index (χ4v) is 2.86. The number of likely N-dealkylation sites (N-methyl/N-ethyl adjacent to an activating group) is 1. The van der Waals surface area contributed by atoms with Crippen LogP contribution in [0.25, 0.3) is 10.8 Å². The van der Waals surface area contributed by atoms with E-state index in [9.17, 15) is 9.59 Å². The Morgan fingerprint density at radius 2 is 2.09 bits per heavy atom. The minimum absolute atomic E-state index is 0.0528. The maximum atomic E-state index is 12.5. The number of methoxy groups -OCH3 is 1. The molecule has 0 spiro atoms. The van der Waals surface area contributed by atoms with Gasteiger partial charge in [0, 0.05) is 25.6 Å². The Kier molecular flexibility index (Phi) is 3.91. The summed E-state index contributed by atoms with van der Waals surface area (Å²) in [5.74, 6) is -0.310. The van der Waals surface area contributed by atoms with Gasteiger partial charge in [0.15, 0.2) is 5.69 Å². The summed E-state index contributed by atoms with van der Waals surface area (Å²) >= 11 is 0. The van der Waals surface area contributed by atoms with Crippen molar-refractivity contribution in [3.05, 3.63) is 40.3 Å². The van der Waals surface area contributed by atoms with Crippen LogP contribution in [0.1, 0.15) is 10.5 Å². The lowest BCUT2D eigenvalue weighted by Crippen LogP contribution is -2.44. The average molecular weight is 302 g/mol. The molecule has 7 nitrogen and oxygen atoms in total. The number of fused-ring (bicyclic) bond motifs is 1. The number of benzene rings is 1. The second-order valence-corrected chi connectivity index (χ2v) is 5.52. The van der Waals surface area contributed by atoms with Crippen molar-refractivity contribution in [2.75, 3.05) is 27.2 Å². The Balaban J connectivity index is 1.90. The molecule has 1 aliphatic heterocycles. The Hall–Kier alpha value is -2.25. The molecule has 2 heterocycles. The standard InChI is InChI=1S/C15H18N4O3/c1-19-7-11(12(8-19)22-2)16-15(21)13-9-5-3-4-6-10(9)14(20)18-17-13/h3-6,11-12H,7-8H2,1-2H3,(H,16,21)(H,18,20)/t11-,12-/m0/s1. The fourth-order valence-electron chi connectivity index (χ4n) is 2.86. The van der Waals surface area contributed by atoms with Crippen molar-refractivity contribution in [1.29, 1.82) is 0 Å². The van der Waals surface area contributed by atoms with Crippen LogP contribution in [0.5, 0.6) is 0 Å². The summed E-state index contributed by atoms with van der Waals surface area (Å²) in [6.45, 7) is 1.48. The van der Waals surface area contributed by atoms with E-state index in [0.29, 0.717) is 17.3 Å². The highest BCUT2D eigenvalue weighted by atomic mass is 16.5. The van der Waals surface area contributed by atoms with E-state index in [2.05, 4.69) is 20.4 Å². The lowest BCUT2D eigenvalue weighted by molar-refractivity contribution is 0.0763. The maximum absolute atomic E-state index is 12.5. The highest BCUT2D eigenvalue weighted by Gasteiger charge is 2.32. The van der Waals surface area contributed by atoms with Crippen molar-refractivity contribution in [2.24, 2.45) is 0 Å². The summed E-state index contributed by atoms with van der Waals surface area (Å²) in [4.78, 5) is 26.4. The van der Waals surface area contributed by atoms with Gasteiger partial charge in [-0.15, -0.1) is 0 Å². The van der Waals surface area contributed by atoms with Crippen molar-refractivity contribution >= 4 is 16.7 Å². The van der Waals surface area contributed by atoms with Crippen LogP contribution < -0.4 is 10.9 Å². The molecular weight excluding hydrogens is 284 g/mol. The first-order valence-electron chi connectivity index (χ1n) is 7.09. The molecule has 116 valence electrons. The number of H-pyrrole nitrogens is 1. The van der Waals surface area contributed by atoms with Gasteiger partial charge in [0.25, 0.3) is 11.5 Å². The highest BCUT2D eigenvalue weighted by molar-refractivity contribution is 6.04. The number of hydrogen-bond acceptors (Lipinski definition) is 5. The van der Waals surface area contributed by atoms with Crippen LogP contribution in [0.15, 0.2) is 29.1 Å². The van der Waals surface area contributed by atoms with E-state index in [1.165, 1.54) is 0 Å². The normalized spacial score (nSPS) is 22.1. The van der Waals surface area contributed by atoms with Gasteiger partial charge in [-0.2, -0.15) is 5.10 Å². The third kappa shape index (κ3) is 2.60. The molecule has 1 fully saturated rings. The van der Waals surface area contributed by atoms with Crippen LogP contribution in [-0.4, -0.2) is 60.4 Å². The summed E-state index contributed by atoms with van der Waals surface area (Å²) in [5, 5.41) is 10.2. The third-order valence-electron chi connectivity index (χ3n) is 3.98. The second-order valence-electron chi connectivity index (χ2n) is 5.52. The zero-order valence-electron chi connectivity index (χ0n) is 12.5. The highest BCUT2D eigenvalue weighted by Crippen LogP contribution is 2.15. The third-order valence-corrected chi connectivity index (χ3v) is 3.98. The lowest BCUT2D eigenvalue weighted by atomic mass is 10.1. The predicted molar refractivity (Wildman–Crippen MR) is 81.9 cm³/mol. The molecule has 1 aliphatic rings. The van der Waals surface area contributed by atoms with Crippen LogP contribution in [0.4, 0.5) is 0 Å². The zero-order chi connectivity index (χ0) is 15.7. The number of hydrogen-bond donors (Lipinski definition) is 2. The van der Waals surface area contributed by atoms with Crippen LogP contribution in [0.3, 0.4) is 0 Å². The number of nitrogens with one attached hydrogen (secondary N) is 2. The molecule has 1 saturated heterocycles. The first-order valence-corrected chi connectivity index (χ1v) is 7.09. The van der Waals surface area contributed by atoms with Gasteiger partial charge in [-0.1, -0.05) is 18.2 Å². The molecule has 2 aromatic rings. The zero-order valence-corrected chi connectivity index (χ0v) is 12.5. The molecule has 0 bridgehead atoms. The van der Waals surface area contributed by atoms with E-state index in [1.54, 1.807) is 31.4 Å². The molecular formula is C15H18N4O3. The van der Waals surface area contributed by atoms with Crippen LogP contribution >= 0.6 is 0 Å². The summed E-state index contributed by atoms with van der Waals surface area (Å²) in [5.41, 5.74) is -0.0814. The number of carbonyl (C=O) groups is 1. The van der Waals surface area contributed by atoms with E-state index in [1.807, 2.05) is 7.05 Å². The van der Waals surface area contributed by atoms with Gasteiger partial charge < -0.3 is 15.0 Å². The monoisotopic (exact) mass is 302 g/mol. The van der Waals surface area contributed by atoms with Crippen LogP contribution in [-0.2, 0) is 4.74 Å². The van der Waals surface area contributed by atoms with Gasteiger partial charge in [0.05, 0.1) is 17.5 Å². The molecule has 0 saturated carbocycles. The largest absolute Gasteiger partial charge is 0.378 e. The minimum Gasteiger partial charge on any atom is -0.378 e. The number of carbonyl (C=O) groups excluding carboxylic acids is 1. The first kappa shape index (κ1) is 14.7. The van der Waals surface area contributed by atoms with Crippen molar-refractivity contribution in [2.45, 2.75) is 12.1 Å². The van der Waals surface area contributed by atoms with Gasteiger partial charge in [-0.25, -0.2) is 5.10 Å². The van der Waals surface area contributed by atoms with Gasteiger partial charge in [-0.05, 0) is 13.1 Å². The molecule has 0 radical (unpaired) electrons. The Morgan fingerprint density at radius 1 is 1.36 bits per heavy atom. The van der Waals surface area contributed by atoms with Crippen LogP contribution in [0, 0.1) is 0 Å². The molecule has 1 aromatic carbocycles. The number of amides is 1. The van der Waals surface area contributed by atoms with Crippen LogP contribution in [0.2, 0.25) is 0 Å². The summed E-state index contributed by atoms with van der Waals surface area (Å²) in [6, 6.07) is 6.83. The van der Waals surface area contributed by atoms with E-state index in [-0.39, 0.29) is 29.3 Å². The molecule has 3 rings (SSSR count). The van der Waals surface area contributed by atoms with E-state index in [0.717, 1.165) is 6.54 Å². The quantitative estimate of drug-likeness (QED) is 0.832. The molecule has 22 heavy (non-hydrogen) atoms. The number of ether oxygens (including phenoxy) is 1. The molecule has 0 unspecified atom stereocenters. The van der Waals surface area contributed by atoms with Gasteiger partial charge in [-0.3, -0.25) is 9.59 Å². The number of aromatic amines is 1. The predicted octanol–water partition coefficient (Wildman–Crippen LogP) is -0.0181. The number of rotatable bonds is 3. The summed E-state index contributed by atoms with van der Waals surface area (Å²) in [6.07, 6.45) is -0.0528. The molecule has 7 heteroatoms. The van der Waals surface area contributed by atoms with Crippen molar-refractivity contribution in [3.8, 4) is 0 Å². The molecule has 2 atom stereocenters. The fraction of sp³-hybridized carbons (Fsp3) is 0.400. The Bertz CT molecular complexity index is 758. The first-order chi connectivity index (χ1) is 10.6. The topological polar surface area (TPSA) is 87.3 Å². The Morgan fingerprint density at radius 3 is 2.82 bits per heavy atom. The second kappa shape index (κ2) is 5.86. The van der Waals surface area contributed by atoms with Gasteiger partial charge in [0.2, 0.25) is 0 Å². The SMILES string of the molecule is CO[C@H]1CN(C)C[C@@H]1NC(=O)c1n[nH]c(=O)c2ccccc12. The summed E-state index contributed by atoms with van der Waals surface area (Å²) < 4.78 is 5.40. The smallest absolute Gasteiger partial charge is 0.272 e. The van der Waals surface area contributed by atoms with Crippen molar-refractivity contribution < 1.29 is 9.53 Å². The number of likely N-dealkylation sites (tertiary alicyclic amines) is 1. The van der Waals surface area contributed by atoms with Gasteiger partial charge >= 0.3 is 0 Å². The average Bonchev–Trinajstić information content (AvgIpc) is 2.87. The maximum Gasteiger partial charge on any atom is 0.272 e. The van der Waals surface area contributed by atoms with E-state index < -0.39 is 0 Å². The number of aromatic nitrogens is 2. The minimum atomic E-state index is -0.310. The number of nitrogens with zero attached hydrogens (tertiary/aromatic N) is 2. The molecule has 1 aromatic heterocycles. The Labute approximate surface area is 127 Å². The molecule has 1 amide bonds. The van der Waals surface area contributed by atoms with E-state index in [4.69, 9.17) is 4.74 Å². The van der Waals surface area contributed by atoms with Crippen molar-refractivity contribution in [3.63, 3.8) is 0 Å². The van der Waals surface area contributed by atoms with E-state index >= 15 is 0 Å². The lowest BCUT2D eigenvalue weighted by Gasteiger charge is -2.18.